The van der Waals surface area contributed by atoms with Crippen LogP contribution in [0, 0.1) is 16.6 Å². The van der Waals surface area contributed by atoms with Crippen molar-refractivity contribution in [3.63, 3.8) is 0 Å². The van der Waals surface area contributed by atoms with Gasteiger partial charge in [-0.15, -0.1) is 0 Å². The highest BCUT2D eigenvalue weighted by atomic mass is 127. The Morgan fingerprint density at radius 1 is 1.19 bits per heavy atom. The summed E-state index contributed by atoms with van der Waals surface area (Å²) in [6, 6.07) is 6.75. The van der Waals surface area contributed by atoms with Crippen LogP contribution in [0.15, 0.2) is 30.3 Å². The second kappa shape index (κ2) is 9.46. The van der Waals surface area contributed by atoms with Crippen LogP contribution >= 0.6 is 67.8 Å². The summed E-state index contributed by atoms with van der Waals surface area (Å²) in [4.78, 5) is 12.7. The van der Waals surface area contributed by atoms with Gasteiger partial charge >= 0.3 is 6.18 Å². The van der Waals surface area contributed by atoms with Crippen molar-refractivity contribution in [3.8, 4) is 5.75 Å². The number of carbonyl (C=O) groups is 1. The zero-order chi connectivity index (χ0) is 20.4. The highest BCUT2D eigenvalue weighted by molar-refractivity contribution is 14.1. The molecule has 0 saturated carbocycles. The summed E-state index contributed by atoms with van der Waals surface area (Å²) in [5.74, 6) is -0.837. The van der Waals surface area contributed by atoms with E-state index in [1.165, 1.54) is 18.2 Å². The molecule has 146 valence electrons. The van der Waals surface area contributed by atoms with E-state index in [2.05, 4.69) is 27.9 Å². The summed E-state index contributed by atoms with van der Waals surface area (Å²) >= 11 is 6.20. The minimum absolute atomic E-state index is 0.157. The van der Waals surface area contributed by atoms with Crippen LogP contribution in [0.4, 0.5) is 18.9 Å². The van der Waals surface area contributed by atoms with Gasteiger partial charge in [-0.05, 0) is 104 Å². The molecule has 0 spiro atoms. The van der Waals surface area contributed by atoms with Crippen LogP contribution in [0.1, 0.15) is 24.5 Å². The number of alkyl halides is 3. The van der Waals surface area contributed by atoms with Crippen molar-refractivity contribution < 1.29 is 23.1 Å². The normalized spacial score (nSPS) is 12.7. The average Bonchev–Trinajstić information content (AvgIpc) is 2.59. The first kappa shape index (κ1) is 23.0. The Morgan fingerprint density at radius 3 is 2.41 bits per heavy atom. The van der Waals surface area contributed by atoms with Gasteiger partial charge < -0.3 is 10.4 Å². The zero-order valence-corrected chi connectivity index (χ0v) is 20.5. The predicted octanol–water partition coefficient (Wildman–Crippen LogP) is 6.43. The van der Waals surface area contributed by atoms with E-state index in [4.69, 9.17) is 0 Å². The second-order valence-corrected chi connectivity index (χ2v) is 9.23. The fourth-order valence-electron chi connectivity index (χ4n) is 2.55. The minimum Gasteiger partial charge on any atom is -0.506 e. The number of carbonyl (C=O) groups excluding carboxylic acids is 1. The van der Waals surface area contributed by atoms with E-state index in [9.17, 15) is 23.1 Å². The standard InChI is InChI=1S/C18H15F3I3NO2/c1-2-9(7-10-12(22)8-13(23)16(26)15(10)24)17(27)25-14-6-4-3-5-11(14)18(19,20)21/h3-6,8-9,26H,2,7H2,1H3,(H,25,27). The molecule has 1 atom stereocenters. The van der Waals surface area contributed by atoms with Crippen LogP contribution in [-0.2, 0) is 17.4 Å². The predicted molar refractivity (Wildman–Crippen MR) is 124 cm³/mol. The summed E-state index contributed by atoms with van der Waals surface area (Å²) in [7, 11) is 0. The van der Waals surface area contributed by atoms with Gasteiger partial charge in [-0.1, -0.05) is 19.1 Å². The van der Waals surface area contributed by atoms with Gasteiger partial charge in [-0.2, -0.15) is 13.2 Å². The van der Waals surface area contributed by atoms with Crippen LogP contribution in [0.25, 0.3) is 0 Å². The second-order valence-electron chi connectivity index (χ2n) is 5.82. The molecule has 27 heavy (non-hydrogen) atoms. The quantitative estimate of drug-likeness (QED) is 0.351. The number of phenols is 1. The number of halogens is 6. The van der Waals surface area contributed by atoms with E-state index in [-0.39, 0.29) is 11.4 Å². The molecule has 0 radical (unpaired) electrons. The lowest BCUT2D eigenvalue weighted by molar-refractivity contribution is -0.137. The average molecular weight is 715 g/mol. The summed E-state index contributed by atoms with van der Waals surface area (Å²) in [5.41, 5.74) is -0.298. The number of benzene rings is 2. The highest BCUT2D eigenvalue weighted by Gasteiger charge is 2.34. The Bertz CT molecular complexity index is 856. The molecule has 0 aliphatic carbocycles. The molecule has 0 aliphatic rings. The van der Waals surface area contributed by atoms with E-state index in [1.807, 2.05) is 58.2 Å². The zero-order valence-electron chi connectivity index (χ0n) is 14.0. The summed E-state index contributed by atoms with van der Waals surface area (Å²) in [5, 5.41) is 12.6. The molecule has 1 amide bonds. The molecule has 2 N–H and O–H groups in total. The van der Waals surface area contributed by atoms with Crippen molar-refractivity contribution in [2.24, 2.45) is 5.92 Å². The molecular weight excluding hydrogens is 700 g/mol. The third kappa shape index (κ3) is 5.61. The first-order chi connectivity index (χ1) is 12.6. The molecule has 9 heteroatoms. The van der Waals surface area contributed by atoms with Crippen molar-refractivity contribution in [2.45, 2.75) is 25.9 Å². The van der Waals surface area contributed by atoms with E-state index in [0.29, 0.717) is 20.0 Å². The summed E-state index contributed by atoms with van der Waals surface area (Å²) in [6.07, 6.45) is -3.76. The first-order valence-corrected chi connectivity index (χ1v) is 11.1. The Morgan fingerprint density at radius 2 is 1.81 bits per heavy atom. The molecule has 0 fully saturated rings. The Hall–Kier alpha value is -0.310. The van der Waals surface area contributed by atoms with E-state index in [0.717, 1.165) is 15.2 Å². The van der Waals surface area contributed by atoms with Gasteiger partial charge in [0.15, 0.2) is 0 Å². The minimum atomic E-state index is -4.54. The molecule has 2 aromatic carbocycles. The molecule has 2 rings (SSSR count). The van der Waals surface area contributed by atoms with Crippen molar-refractivity contribution in [3.05, 3.63) is 52.2 Å². The van der Waals surface area contributed by atoms with Crippen LogP contribution < -0.4 is 5.32 Å². The highest BCUT2D eigenvalue weighted by Crippen LogP contribution is 2.36. The number of para-hydroxylation sites is 1. The third-order valence-corrected chi connectivity index (χ3v) is 6.99. The number of nitrogens with one attached hydrogen (secondary N) is 1. The number of hydrogen-bond donors (Lipinski definition) is 2. The smallest absolute Gasteiger partial charge is 0.418 e. The number of amides is 1. The van der Waals surface area contributed by atoms with Gasteiger partial charge in [-0.3, -0.25) is 4.79 Å². The number of aromatic hydroxyl groups is 1. The fraction of sp³-hybridized carbons (Fsp3) is 0.278. The van der Waals surface area contributed by atoms with Crippen LogP contribution in [0.2, 0.25) is 0 Å². The van der Waals surface area contributed by atoms with Gasteiger partial charge in [0.25, 0.3) is 0 Å². The lowest BCUT2D eigenvalue weighted by Crippen LogP contribution is -2.26. The van der Waals surface area contributed by atoms with Gasteiger partial charge in [0.05, 0.1) is 18.4 Å². The van der Waals surface area contributed by atoms with Crippen molar-refractivity contribution in [2.75, 3.05) is 5.32 Å². The fourth-order valence-corrected chi connectivity index (χ4v) is 6.36. The van der Waals surface area contributed by atoms with Crippen molar-refractivity contribution >= 4 is 79.4 Å². The molecule has 1 unspecified atom stereocenters. The molecule has 3 nitrogen and oxygen atoms in total. The molecule has 0 saturated heterocycles. The van der Waals surface area contributed by atoms with E-state index >= 15 is 0 Å². The maximum absolute atomic E-state index is 13.1. The van der Waals surface area contributed by atoms with Gasteiger partial charge in [0.2, 0.25) is 5.91 Å². The van der Waals surface area contributed by atoms with Crippen LogP contribution in [-0.4, -0.2) is 11.0 Å². The molecule has 0 bridgehead atoms. The lowest BCUT2D eigenvalue weighted by Gasteiger charge is -2.19. The van der Waals surface area contributed by atoms with E-state index in [1.54, 1.807) is 0 Å². The first-order valence-electron chi connectivity index (χ1n) is 7.88. The molecule has 0 aromatic heterocycles. The van der Waals surface area contributed by atoms with Crippen LogP contribution in [0.5, 0.6) is 5.75 Å². The third-order valence-electron chi connectivity index (χ3n) is 4.05. The maximum Gasteiger partial charge on any atom is 0.418 e. The van der Waals surface area contributed by atoms with Crippen molar-refractivity contribution in [1.29, 1.82) is 0 Å². The van der Waals surface area contributed by atoms with Crippen LogP contribution in [0.3, 0.4) is 0 Å². The SMILES string of the molecule is CCC(Cc1c(I)cc(I)c(O)c1I)C(=O)Nc1ccccc1C(F)(F)F. The molecule has 2 aromatic rings. The monoisotopic (exact) mass is 715 g/mol. The Balaban J connectivity index is 2.28. The summed E-state index contributed by atoms with van der Waals surface area (Å²) in [6.45, 7) is 1.81. The van der Waals surface area contributed by atoms with Gasteiger partial charge in [0, 0.05) is 9.49 Å². The topological polar surface area (TPSA) is 49.3 Å². The van der Waals surface area contributed by atoms with Gasteiger partial charge in [0.1, 0.15) is 5.75 Å². The maximum atomic E-state index is 13.1. The number of anilines is 1. The Kier molecular flexibility index (Phi) is 8.05. The Labute approximate surface area is 195 Å². The number of hydrogen-bond acceptors (Lipinski definition) is 2. The number of phenolic OH excluding ortho intramolecular Hbond substituents is 1. The summed E-state index contributed by atoms with van der Waals surface area (Å²) < 4.78 is 41.7. The van der Waals surface area contributed by atoms with Gasteiger partial charge in [-0.25, -0.2) is 0 Å². The lowest BCUT2D eigenvalue weighted by atomic mass is 9.95. The molecule has 0 heterocycles. The van der Waals surface area contributed by atoms with E-state index < -0.39 is 23.6 Å². The molecular formula is C18H15F3I3NO2. The number of rotatable bonds is 5. The molecule has 0 aliphatic heterocycles. The largest absolute Gasteiger partial charge is 0.506 e. The van der Waals surface area contributed by atoms with Crippen molar-refractivity contribution in [1.82, 2.24) is 0 Å².